The van der Waals surface area contributed by atoms with Crippen molar-refractivity contribution in [3.63, 3.8) is 0 Å². The molecule has 0 unspecified atom stereocenters. The van der Waals surface area contributed by atoms with Gasteiger partial charge in [0.2, 0.25) is 5.91 Å². The lowest BCUT2D eigenvalue weighted by Gasteiger charge is -2.34. The number of carbonyl (C=O) groups is 2. The van der Waals surface area contributed by atoms with Gasteiger partial charge in [0.25, 0.3) is 5.91 Å². The van der Waals surface area contributed by atoms with E-state index < -0.39 is 0 Å². The number of hydrogen-bond acceptors (Lipinski definition) is 4. The van der Waals surface area contributed by atoms with E-state index in [4.69, 9.17) is 4.42 Å². The number of hydrogen-bond donors (Lipinski definition) is 1. The summed E-state index contributed by atoms with van der Waals surface area (Å²) in [6.45, 7) is 6.97. The lowest BCUT2D eigenvalue weighted by atomic mass is 10.0. The van der Waals surface area contributed by atoms with E-state index in [2.05, 4.69) is 17.1 Å². The van der Waals surface area contributed by atoms with Crippen LogP contribution in [0, 0.1) is 0 Å². The highest BCUT2D eigenvalue weighted by molar-refractivity contribution is 5.92. The summed E-state index contributed by atoms with van der Waals surface area (Å²) in [5, 5.41) is 2.69. The molecule has 0 aromatic carbocycles. The highest BCUT2D eigenvalue weighted by atomic mass is 16.4. The van der Waals surface area contributed by atoms with Crippen LogP contribution in [0.25, 0.3) is 0 Å². The molecular formula is C18H27N3O3. The molecule has 6 nitrogen and oxygen atoms in total. The maximum absolute atomic E-state index is 12.9. The third kappa shape index (κ3) is 3.48. The fourth-order valence-electron chi connectivity index (χ4n) is 4.07. The van der Waals surface area contributed by atoms with E-state index in [0.717, 1.165) is 32.5 Å². The average molecular weight is 333 g/mol. The molecule has 0 saturated carbocycles. The predicted molar refractivity (Wildman–Crippen MR) is 90.6 cm³/mol. The zero-order valence-electron chi connectivity index (χ0n) is 14.6. The molecule has 0 aliphatic carbocycles. The first-order chi connectivity index (χ1) is 11.6. The molecule has 2 fully saturated rings. The van der Waals surface area contributed by atoms with Crippen LogP contribution in [0.3, 0.4) is 0 Å². The van der Waals surface area contributed by atoms with Gasteiger partial charge < -0.3 is 14.6 Å². The van der Waals surface area contributed by atoms with Crippen molar-refractivity contribution >= 4 is 11.8 Å². The van der Waals surface area contributed by atoms with Gasteiger partial charge in [0, 0.05) is 25.6 Å². The van der Waals surface area contributed by atoms with E-state index in [1.807, 2.05) is 4.90 Å². The number of rotatable bonds is 5. The Kier molecular flexibility index (Phi) is 5.23. The topological polar surface area (TPSA) is 65.8 Å². The number of likely N-dealkylation sites (N-methyl/N-ethyl adjacent to an activating group) is 1. The zero-order chi connectivity index (χ0) is 17.1. The molecule has 2 aliphatic heterocycles. The summed E-state index contributed by atoms with van der Waals surface area (Å²) >= 11 is 0. The molecule has 1 aromatic heterocycles. The largest absolute Gasteiger partial charge is 0.454 e. The fourth-order valence-corrected chi connectivity index (χ4v) is 4.07. The van der Waals surface area contributed by atoms with Gasteiger partial charge in [-0.05, 0) is 50.9 Å². The number of furan rings is 1. The van der Waals surface area contributed by atoms with Crippen molar-refractivity contribution in [2.75, 3.05) is 19.6 Å². The summed E-state index contributed by atoms with van der Waals surface area (Å²) in [5.74, 6) is 0.859. The first-order valence-corrected chi connectivity index (χ1v) is 8.98. The Morgan fingerprint density at radius 2 is 1.96 bits per heavy atom. The second-order valence-electron chi connectivity index (χ2n) is 6.72. The maximum atomic E-state index is 12.9. The minimum atomic E-state index is -0.111. The minimum Gasteiger partial charge on any atom is -0.454 e. The van der Waals surface area contributed by atoms with Gasteiger partial charge in [0.15, 0.2) is 5.76 Å². The molecule has 2 atom stereocenters. The smallest absolute Gasteiger partial charge is 0.289 e. The van der Waals surface area contributed by atoms with Crippen LogP contribution in [-0.2, 0) is 11.3 Å². The zero-order valence-corrected chi connectivity index (χ0v) is 14.6. The first-order valence-electron chi connectivity index (χ1n) is 8.98. The van der Waals surface area contributed by atoms with E-state index in [1.54, 1.807) is 12.1 Å². The van der Waals surface area contributed by atoms with Crippen molar-refractivity contribution < 1.29 is 14.0 Å². The quantitative estimate of drug-likeness (QED) is 0.895. The van der Waals surface area contributed by atoms with E-state index in [1.165, 1.54) is 19.8 Å². The van der Waals surface area contributed by atoms with Gasteiger partial charge in [-0.2, -0.15) is 0 Å². The molecule has 6 heteroatoms. The number of likely N-dealkylation sites (tertiary alicyclic amines) is 2. The Bertz CT molecular complexity index is 598. The fraction of sp³-hybridized carbons (Fsp3) is 0.667. The van der Waals surface area contributed by atoms with Crippen molar-refractivity contribution in [3.05, 3.63) is 23.7 Å². The van der Waals surface area contributed by atoms with Crippen molar-refractivity contribution in [3.8, 4) is 0 Å². The summed E-state index contributed by atoms with van der Waals surface area (Å²) < 4.78 is 5.65. The lowest BCUT2D eigenvalue weighted by molar-refractivity contribution is -0.119. The van der Waals surface area contributed by atoms with Crippen molar-refractivity contribution in [2.45, 2.75) is 58.2 Å². The molecule has 2 aliphatic rings. The van der Waals surface area contributed by atoms with Crippen LogP contribution in [0.15, 0.2) is 16.5 Å². The average Bonchev–Trinajstić information content (AvgIpc) is 3.30. The first kappa shape index (κ1) is 17.0. The van der Waals surface area contributed by atoms with Gasteiger partial charge in [-0.1, -0.05) is 6.92 Å². The maximum Gasteiger partial charge on any atom is 0.289 e. The molecule has 0 spiro atoms. The molecule has 0 bridgehead atoms. The van der Waals surface area contributed by atoms with E-state index in [-0.39, 0.29) is 11.8 Å². The molecule has 2 saturated heterocycles. The van der Waals surface area contributed by atoms with Crippen LogP contribution in [-0.4, -0.2) is 53.3 Å². The predicted octanol–water partition coefficient (Wildman–Crippen LogP) is 2.00. The third-order valence-corrected chi connectivity index (χ3v) is 5.21. The van der Waals surface area contributed by atoms with Gasteiger partial charge in [-0.25, -0.2) is 0 Å². The molecule has 0 radical (unpaired) electrons. The second kappa shape index (κ2) is 7.38. The highest BCUT2D eigenvalue weighted by Crippen LogP contribution is 2.31. The third-order valence-electron chi connectivity index (χ3n) is 5.21. The Hall–Kier alpha value is -1.82. The normalized spacial score (nSPS) is 24.5. The van der Waals surface area contributed by atoms with Gasteiger partial charge >= 0.3 is 0 Å². The Balaban J connectivity index is 1.68. The summed E-state index contributed by atoms with van der Waals surface area (Å²) in [6, 6.07) is 4.27. The molecule has 3 heterocycles. The number of nitrogens with one attached hydrogen (secondary N) is 1. The van der Waals surface area contributed by atoms with Crippen LogP contribution in [0.2, 0.25) is 0 Å². The van der Waals surface area contributed by atoms with Crippen LogP contribution in [0.4, 0.5) is 0 Å². The van der Waals surface area contributed by atoms with E-state index in [0.29, 0.717) is 30.1 Å². The molecule has 132 valence electrons. The molecule has 24 heavy (non-hydrogen) atoms. The van der Waals surface area contributed by atoms with Crippen molar-refractivity contribution in [2.24, 2.45) is 0 Å². The van der Waals surface area contributed by atoms with Crippen molar-refractivity contribution in [1.29, 1.82) is 0 Å². The highest BCUT2D eigenvalue weighted by Gasteiger charge is 2.40. The van der Waals surface area contributed by atoms with E-state index in [9.17, 15) is 9.59 Å². The monoisotopic (exact) mass is 333 g/mol. The Labute approximate surface area is 143 Å². The van der Waals surface area contributed by atoms with Gasteiger partial charge in [-0.15, -0.1) is 0 Å². The van der Waals surface area contributed by atoms with E-state index >= 15 is 0 Å². The molecule has 3 rings (SSSR count). The van der Waals surface area contributed by atoms with Crippen LogP contribution >= 0.6 is 0 Å². The van der Waals surface area contributed by atoms with Gasteiger partial charge in [-0.3, -0.25) is 14.5 Å². The molecule has 2 amide bonds. The van der Waals surface area contributed by atoms with Crippen LogP contribution in [0.1, 0.15) is 55.8 Å². The minimum absolute atomic E-state index is 0.0190. The number of carbonyl (C=O) groups excluding carboxylic acids is 2. The Morgan fingerprint density at radius 3 is 2.71 bits per heavy atom. The molecular weight excluding hydrogens is 306 g/mol. The van der Waals surface area contributed by atoms with Crippen LogP contribution in [0.5, 0.6) is 0 Å². The van der Waals surface area contributed by atoms with Crippen molar-refractivity contribution in [1.82, 2.24) is 15.1 Å². The molecule has 1 N–H and O–H groups in total. The number of nitrogens with zero attached hydrogens (tertiary/aromatic N) is 2. The summed E-state index contributed by atoms with van der Waals surface area (Å²) in [5.41, 5.74) is 0. The SMILES string of the molecule is CCN1CCC[C@H]1[C@H]1CCCN1C(=O)c1ccc(CNC(C)=O)o1. The Morgan fingerprint density at radius 1 is 1.21 bits per heavy atom. The standard InChI is InChI=1S/C18H27N3O3/c1-3-20-10-4-6-15(20)16-7-5-11-21(16)18(23)17-9-8-14(24-17)12-19-13(2)22/h8-9,15-16H,3-7,10-12H2,1-2H3,(H,19,22)/t15-,16+/m0/s1. The summed E-state index contributed by atoms with van der Waals surface area (Å²) in [7, 11) is 0. The lowest BCUT2D eigenvalue weighted by Crippen LogP contribution is -2.48. The molecule has 1 aromatic rings. The van der Waals surface area contributed by atoms with Gasteiger partial charge in [0.05, 0.1) is 6.54 Å². The van der Waals surface area contributed by atoms with Gasteiger partial charge in [0.1, 0.15) is 5.76 Å². The van der Waals surface area contributed by atoms with Crippen LogP contribution < -0.4 is 5.32 Å². The summed E-state index contributed by atoms with van der Waals surface area (Å²) in [6.07, 6.45) is 4.53. The second-order valence-corrected chi connectivity index (χ2v) is 6.72. The summed E-state index contributed by atoms with van der Waals surface area (Å²) in [4.78, 5) is 28.4. The number of amides is 2.